The van der Waals surface area contributed by atoms with Crippen molar-refractivity contribution in [2.24, 2.45) is 5.92 Å². The summed E-state index contributed by atoms with van der Waals surface area (Å²) in [5, 5.41) is 1.96. The zero-order chi connectivity index (χ0) is 20.9. The van der Waals surface area contributed by atoms with E-state index in [1.54, 1.807) is 16.2 Å². The van der Waals surface area contributed by atoms with Crippen molar-refractivity contribution in [2.75, 3.05) is 45.9 Å². The zero-order valence-corrected chi connectivity index (χ0v) is 18.3. The maximum Gasteiger partial charge on any atom is 0.242 e. The number of rotatable bonds is 9. The first-order valence-electron chi connectivity index (χ1n) is 11.1. The lowest BCUT2D eigenvalue weighted by molar-refractivity contribution is -0.138. The molecule has 0 radical (unpaired) electrons. The fourth-order valence-electron chi connectivity index (χ4n) is 4.11. The van der Waals surface area contributed by atoms with Crippen LogP contribution < -0.4 is 0 Å². The molecule has 2 aliphatic heterocycles. The number of nitrogens with zero attached hydrogens (tertiary/aromatic N) is 3. The normalized spacial score (nSPS) is 22.7. The Hall–Kier alpha value is -1.93. The van der Waals surface area contributed by atoms with Gasteiger partial charge in [-0.3, -0.25) is 14.4 Å². The van der Waals surface area contributed by atoms with Crippen molar-refractivity contribution in [2.45, 2.75) is 44.6 Å². The fourth-order valence-corrected chi connectivity index (χ4v) is 4.81. The van der Waals surface area contributed by atoms with Crippen LogP contribution in [0.2, 0.25) is 0 Å². The zero-order valence-electron chi connectivity index (χ0n) is 17.5. The van der Waals surface area contributed by atoms with E-state index in [4.69, 9.17) is 4.74 Å². The molecular weight excluding hydrogens is 402 g/mol. The lowest BCUT2D eigenvalue weighted by Gasteiger charge is -2.25. The number of ether oxygens (including phenoxy) is 1. The summed E-state index contributed by atoms with van der Waals surface area (Å²) in [4.78, 5) is 44.0. The standard InChI is InChI=1S/C22H31N3O4S/c26-20-5-1-8-23(20)9-3-10-24-13-18(29-16-17-6-7-17)14-25(15-22(24)28)21(27)12-19-4-2-11-30-19/h2,4,11,17-18H,1,3,5-10,12-16H2. The molecule has 3 aliphatic rings. The first-order chi connectivity index (χ1) is 14.6. The van der Waals surface area contributed by atoms with Gasteiger partial charge in [-0.2, -0.15) is 0 Å². The van der Waals surface area contributed by atoms with Gasteiger partial charge in [-0.15, -0.1) is 11.3 Å². The van der Waals surface area contributed by atoms with Crippen molar-refractivity contribution in [1.82, 2.24) is 14.7 Å². The first-order valence-corrected chi connectivity index (χ1v) is 11.9. The molecule has 164 valence electrons. The number of thiophene rings is 1. The van der Waals surface area contributed by atoms with Crippen LogP contribution in [0, 0.1) is 5.92 Å². The SMILES string of the molecule is O=C1CCCN1CCCN1CC(OCC2CC2)CN(C(=O)Cc2cccs2)CC1=O. The Balaban J connectivity index is 1.35. The largest absolute Gasteiger partial charge is 0.374 e. The molecule has 0 N–H and O–H groups in total. The maximum atomic E-state index is 12.9. The van der Waals surface area contributed by atoms with E-state index in [1.807, 2.05) is 27.3 Å². The summed E-state index contributed by atoms with van der Waals surface area (Å²) in [6, 6.07) is 3.89. The molecule has 0 spiro atoms. The smallest absolute Gasteiger partial charge is 0.242 e. The summed E-state index contributed by atoms with van der Waals surface area (Å²) in [6.07, 6.45) is 4.92. The summed E-state index contributed by atoms with van der Waals surface area (Å²) in [5.74, 6) is 0.803. The van der Waals surface area contributed by atoms with E-state index in [9.17, 15) is 14.4 Å². The average molecular weight is 434 g/mol. The van der Waals surface area contributed by atoms with Gasteiger partial charge in [0.2, 0.25) is 17.7 Å². The molecule has 4 rings (SSSR count). The number of carbonyl (C=O) groups is 3. The van der Waals surface area contributed by atoms with Crippen LogP contribution in [0.5, 0.6) is 0 Å². The van der Waals surface area contributed by atoms with Crippen molar-refractivity contribution in [1.29, 1.82) is 0 Å². The third-order valence-corrected chi connectivity index (χ3v) is 6.95. The summed E-state index contributed by atoms with van der Waals surface area (Å²) in [7, 11) is 0. The first kappa shape index (κ1) is 21.3. The Kier molecular flexibility index (Phi) is 7.04. The second-order valence-electron chi connectivity index (χ2n) is 8.61. The van der Waals surface area contributed by atoms with Crippen LogP contribution in [0.4, 0.5) is 0 Å². The van der Waals surface area contributed by atoms with Crippen LogP contribution in [0.25, 0.3) is 0 Å². The lowest BCUT2D eigenvalue weighted by atomic mass is 10.2. The topological polar surface area (TPSA) is 70.2 Å². The highest BCUT2D eigenvalue weighted by atomic mass is 32.1. The number of hydrogen-bond acceptors (Lipinski definition) is 5. The van der Waals surface area contributed by atoms with Crippen molar-refractivity contribution in [3.63, 3.8) is 0 Å². The Morgan fingerprint density at radius 3 is 2.67 bits per heavy atom. The fraction of sp³-hybridized carbons (Fsp3) is 0.682. The molecule has 1 saturated carbocycles. The van der Waals surface area contributed by atoms with Gasteiger partial charge in [0.25, 0.3) is 0 Å². The van der Waals surface area contributed by atoms with E-state index in [0.29, 0.717) is 51.5 Å². The number of hydrogen-bond donors (Lipinski definition) is 0. The molecule has 1 aromatic rings. The van der Waals surface area contributed by atoms with Gasteiger partial charge in [0.1, 0.15) is 0 Å². The molecule has 3 heterocycles. The van der Waals surface area contributed by atoms with E-state index >= 15 is 0 Å². The van der Waals surface area contributed by atoms with Gasteiger partial charge >= 0.3 is 0 Å². The Morgan fingerprint density at radius 1 is 1.13 bits per heavy atom. The van der Waals surface area contributed by atoms with E-state index in [-0.39, 0.29) is 30.4 Å². The van der Waals surface area contributed by atoms with Gasteiger partial charge in [-0.25, -0.2) is 0 Å². The monoisotopic (exact) mass is 433 g/mol. The second-order valence-corrected chi connectivity index (χ2v) is 9.64. The lowest BCUT2D eigenvalue weighted by Crippen LogP contribution is -2.40. The molecule has 0 bridgehead atoms. The van der Waals surface area contributed by atoms with Crippen LogP contribution in [-0.4, -0.2) is 84.4 Å². The highest BCUT2D eigenvalue weighted by Crippen LogP contribution is 2.29. The van der Waals surface area contributed by atoms with Crippen LogP contribution in [0.15, 0.2) is 17.5 Å². The molecule has 7 nitrogen and oxygen atoms in total. The van der Waals surface area contributed by atoms with E-state index in [1.165, 1.54) is 12.8 Å². The molecule has 1 atom stereocenters. The Morgan fingerprint density at radius 2 is 1.97 bits per heavy atom. The van der Waals surface area contributed by atoms with Crippen LogP contribution >= 0.6 is 11.3 Å². The van der Waals surface area contributed by atoms with Gasteiger partial charge in [0.05, 0.1) is 19.1 Å². The van der Waals surface area contributed by atoms with Gasteiger partial charge in [0.15, 0.2) is 0 Å². The van der Waals surface area contributed by atoms with Crippen molar-refractivity contribution in [3.05, 3.63) is 22.4 Å². The van der Waals surface area contributed by atoms with Crippen LogP contribution in [0.1, 0.15) is 37.0 Å². The molecule has 30 heavy (non-hydrogen) atoms. The van der Waals surface area contributed by atoms with Gasteiger partial charge in [-0.1, -0.05) is 6.07 Å². The third kappa shape index (κ3) is 5.82. The minimum Gasteiger partial charge on any atom is -0.374 e. The van der Waals surface area contributed by atoms with E-state index in [2.05, 4.69) is 0 Å². The van der Waals surface area contributed by atoms with Crippen molar-refractivity contribution in [3.8, 4) is 0 Å². The average Bonchev–Trinajstić information content (AvgIpc) is 3.30. The molecule has 1 aliphatic carbocycles. The predicted octanol–water partition coefficient (Wildman–Crippen LogP) is 1.77. The van der Waals surface area contributed by atoms with Crippen LogP contribution in [-0.2, 0) is 25.5 Å². The van der Waals surface area contributed by atoms with Gasteiger partial charge in [0, 0.05) is 50.6 Å². The maximum absolute atomic E-state index is 12.9. The summed E-state index contributed by atoms with van der Waals surface area (Å²) < 4.78 is 6.13. The summed E-state index contributed by atoms with van der Waals surface area (Å²) in [6.45, 7) is 3.91. The highest BCUT2D eigenvalue weighted by molar-refractivity contribution is 7.10. The molecule has 1 unspecified atom stereocenters. The van der Waals surface area contributed by atoms with Crippen molar-refractivity contribution >= 4 is 29.1 Å². The number of amides is 3. The molecule has 0 aromatic carbocycles. The molecule has 3 amide bonds. The number of likely N-dealkylation sites (tertiary alicyclic amines) is 1. The minimum atomic E-state index is -0.155. The third-order valence-electron chi connectivity index (χ3n) is 6.08. The van der Waals surface area contributed by atoms with Crippen molar-refractivity contribution < 1.29 is 19.1 Å². The Bertz CT molecular complexity index is 750. The quantitative estimate of drug-likeness (QED) is 0.595. The highest BCUT2D eigenvalue weighted by Gasteiger charge is 2.32. The molecule has 3 fully saturated rings. The molecule has 8 heteroatoms. The second kappa shape index (κ2) is 9.92. The van der Waals surface area contributed by atoms with Gasteiger partial charge < -0.3 is 19.4 Å². The predicted molar refractivity (Wildman–Crippen MR) is 114 cm³/mol. The minimum absolute atomic E-state index is 0.0182. The van der Waals surface area contributed by atoms with E-state index < -0.39 is 0 Å². The summed E-state index contributed by atoms with van der Waals surface area (Å²) in [5.41, 5.74) is 0. The molecule has 2 saturated heterocycles. The van der Waals surface area contributed by atoms with E-state index in [0.717, 1.165) is 24.3 Å². The molecular formula is C22H31N3O4S. The summed E-state index contributed by atoms with van der Waals surface area (Å²) >= 11 is 1.56. The van der Waals surface area contributed by atoms with Gasteiger partial charge in [-0.05, 0) is 43.0 Å². The Labute approximate surface area is 182 Å². The van der Waals surface area contributed by atoms with Crippen LogP contribution in [0.3, 0.4) is 0 Å². The molecule has 1 aromatic heterocycles. The number of carbonyl (C=O) groups excluding carboxylic acids is 3.